The molecule has 2 aromatic heterocycles. The number of esters is 1. The molecule has 0 bridgehead atoms. The summed E-state index contributed by atoms with van der Waals surface area (Å²) in [5.41, 5.74) is 2.61. The van der Waals surface area contributed by atoms with E-state index in [0.717, 1.165) is 58.3 Å². The van der Waals surface area contributed by atoms with Crippen LogP contribution in [0.25, 0.3) is 6.08 Å². The van der Waals surface area contributed by atoms with Gasteiger partial charge in [-0.3, -0.25) is 19.3 Å². The number of hydrogen-bond donors (Lipinski definition) is 1. The highest BCUT2D eigenvalue weighted by molar-refractivity contribution is 8.18. The highest BCUT2D eigenvalue weighted by Crippen LogP contribution is 2.39. The van der Waals surface area contributed by atoms with Crippen LogP contribution in [0.3, 0.4) is 0 Å². The Balaban J connectivity index is 1.28. The standard InChI is InChI=1S/C27H24N2O5S3/c1-2-34-26(32)22-19-7-3-4-8-20(19)36-24(22)28-23(30)17-11-9-16(10-12-17)15-29-25(31)21(37-27(29)33)14-18-6-5-13-35-18/h5-6,9-14H,2-4,7-8,15H2,1H3,(H,28,30)/b21-14-. The molecule has 3 aromatic rings. The summed E-state index contributed by atoms with van der Waals surface area (Å²) >= 11 is 3.88. The van der Waals surface area contributed by atoms with Crippen LogP contribution in [0.4, 0.5) is 9.80 Å². The van der Waals surface area contributed by atoms with Crippen molar-refractivity contribution in [1.82, 2.24) is 4.90 Å². The molecule has 3 heterocycles. The molecule has 3 amide bonds. The van der Waals surface area contributed by atoms with E-state index in [1.165, 1.54) is 27.6 Å². The molecule has 1 aliphatic heterocycles. The molecule has 1 aromatic carbocycles. The largest absolute Gasteiger partial charge is 0.462 e. The first-order valence-electron chi connectivity index (χ1n) is 12.0. The third kappa shape index (κ3) is 5.41. The molecule has 1 fully saturated rings. The fourth-order valence-electron chi connectivity index (χ4n) is 4.33. The number of thioether (sulfide) groups is 1. The summed E-state index contributed by atoms with van der Waals surface area (Å²) in [6, 6.07) is 10.6. The molecular formula is C27H24N2O5S3. The third-order valence-electron chi connectivity index (χ3n) is 6.12. The quantitative estimate of drug-likeness (QED) is 0.271. The topological polar surface area (TPSA) is 92.8 Å². The van der Waals surface area contributed by atoms with Gasteiger partial charge in [-0.1, -0.05) is 18.2 Å². The zero-order chi connectivity index (χ0) is 25.9. The number of nitrogens with one attached hydrogen (secondary N) is 1. The van der Waals surface area contributed by atoms with Gasteiger partial charge in [0.05, 0.1) is 23.6 Å². The van der Waals surface area contributed by atoms with Gasteiger partial charge in [0, 0.05) is 15.3 Å². The van der Waals surface area contributed by atoms with Crippen LogP contribution in [0, 0.1) is 0 Å². The average Bonchev–Trinajstić information content (AvgIpc) is 3.59. The molecule has 7 nitrogen and oxygen atoms in total. The average molecular weight is 553 g/mol. The number of ether oxygens (including phenoxy) is 1. The Morgan fingerprint density at radius 1 is 1.11 bits per heavy atom. The van der Waals surface area contributed by atoms with Crippen molar-refractivity contribution >= 4 is 68.5 Å². The van der Waals surface area contributed by atoms with Crippen molar-refractivity contribution in [3.63, 3.8) is 0 Å². The number of anilines is 1. The number of amides is 3. The van der Waals surface area contributed by atoms with Gasteiger partial charge in [0.25, 0.3) is 17.1 Å². The summed E-state index contributed by atoms with van der Waals surface area (Å²) < 4.78 is 5.26. The second-order valence-electron chi connectivity index (χ2n) is 8.57. The maximum Gasteiger partial charge on any atom is 0.341 e. The molecule has 37 heavy (non-hydrogen) atoms. The van der Waals surface area contributed by atoms with Gasteiger partial charge in [-0.25, -0.2) is 4.79 Å². The number of benzene rings is 1. The van der Waals surface area contributed by atoms with E-state index in [1.54, 1.807) is 37.3 Å². The third-order valence-corrected chi connectivity index (χ3v) is 9.06. The molecule has 1 N–H and O–H groups in total. The monoisotopic (exact) mass is 552 g/mol. The first-order chi connectivity index (χ1) is 17.9. The van der Waals surface area contributed by atoms with Gasteiger partial charge in [0.2, 0.25) is 0 Å². The van der Waals surface area contributed by atoms with E-state index in [1.807, 2.05) is 17.5 Å². The second-order valence-corrected chi connectivity index (χ2v) is 11.6. The molecule has 2 aliphatic rings. The van der Waals surface area contributed by atoms with Crippen molar-refractivity contribution in [2.45, 2.75) is 39.2 Å². The molecule has 0 atom stereocenters. The Morgan fingerprint density at radius 3 is 2.62 bits per heavy atom. The first-order valence-corrected chi connectivity index (χ1v) is 14.5. The molecule has 1 aliphatic carbocycles. The Kier molecular flexibility index (Phi) is 7.59. The fourth-order valence-corrected chi connectivity index (χ4v) is 7.16. The first kappa shape index (κ1) is 25.4. The lowest BCUT2D eigenvalue weighted by Crippen LogP contribution is -2.27. The fraction of sp³-hybridized carbons (Fsp3) is 0.259. The number of carbonyl (C=O) groups excluding carboxylic acids is 4. The van der Waals surface area contributed by atoms with Crippen LogP contribution >= 0.6 is 34.4 Å². The molecule has 190 valence electrons. The number of imide groups is 1. The minimum atomic E-state index is -0.405. The van der Waals surface area contributed by atoms with E-state index in [4.69, 9.17) is 4.74 Å². The van der Waals surface area contributed by atoms with Gasteiger partial charge >= 0.3 is 5.97 Å². The van der Waals surface area contributed by atoms with E-state index >= 15 is 0 Å². The minimum absolute atomic E-state index is 0.124. The van der Waals surface area contributed by atoms with Crippen LogP contribution in [0.15, 0.2) is 46.7 Å². The summed E-state index contributed by atoms with van der Waals surface area (Å²) in [6.45, 7) is 2.16. The zero-order valence-electron chi connectivity index (χ0n) is 20.1. The van der Waals surface area contributed by atoms with E-state index in [2.05, 4.69) is 5.32 Å². The number of carbonyl (C=O) groups is 4. The van der Waals surface area contributed by atoms with E-state index in [0.29, 0.717) is 21.0 Å². The number of nitrogens with zero attached hydrogens (tertiary/aromatic N) is 1. The van der Waals surface area contributed by atoms with E-state index in [9.17, 15) is 19.2 Å². The molecule has 0 saturated carbocycles. The smallest absolute Gasteiger partial charge is 0.341 e. The summed E-state index contributed by atoms with van der Waals surface area (Å²) in [5, 5.41) is 5.03. The van der Waals surface area contributed by atoms with Gasteiger partial charge in [0.15, 0.2) is 0 Å². The molecule has 10 heteroatoms. The van der Waals surface area contributed by atoms with Crippen LogP contribution in [-0.4, -0.2) is 34.5 Å². The molecule has 0 spiro atoms. The number of rotatable bonds is 7. The van der Waals surface area contributed by atoms with Gasteiger partial charge in [-0.2, -0.15) is 0 Å². The predicted octanol–water partition coefficient (Wildman–Crippen LogP) is 6.35. The Bertz CT molecular complexity index is 1390. The number of fused-ring (bicyclic) bond motifs is 1. The second kappa shape index (κ2) is 11.0. The number of hydrogen-bond acceptors (Lipinski definition) is 8. The van der Waals surface area contributed by atoms with Crippen molar-refractivity contribution in [3.8, 4) is 0 Å². The highest BCUT2D eigenvalue weighted by Gasteiger charge is 2.35. The molecule has 0 radical (unpaired) electrons. The van der Waals surface area contributed by atoms with Crippen molar-refractivity contribution in [2.75, 3.05) is 11.9 Å². The highest BCUT2D eigenvalue weighted by atomic mass is 32.2. The molecule has 0 unspecified atom stereocenters. The Morgan fingerprint density at radius 2 is 1.89 bits per heavy atom. The maximum absolute atomic E-state index is 13.0. The Labute approximate surface area is 226 Å². The lowest BCUT2D eigenvalue weighted by molar-refractivity contribution is -0.123. The van der Waals surface area contributed by atoms with Crippen LogP contribution in [0.5, 0.6) is 0 Å². The number of aryl methyl sites for hydroxylation is 1. The van der Waals surface area contributed by atoms with Crippen molar-refractivity contribution in [2.24, 2.45) is 0 Å². The predicted molar refractivity (Wildman–Crippen MR) is 147 cm³/mol. The Hall–Kier alpha value is -3.21. The summed E-state index contributed by atoms with van der Waals surface area (Å²) in [5.74, 6) is -1.06. The van der Waals surface area contributed by atoms with Crippen LogP contribution < -0.4 is 5.32 Å². The van der Waals surface area contributed by atoms with Gasteiger partial charge in [0.1, 0.15) is 5.00 Å². The molecule has 5 rings (SSSR count). The lowest BCUT2D eigenvalue weighted by atomic mass is 9.95. The van der Waals surface area contributed by atoms with Gasteiger partial charge in [-0.15, -0.1) is 22.7 Å². The van der Waals surface area contributed by atoms with Gasteiger partial charge < -0.3 is 10.1 Å². The van der Waals surface area contributed by atoms with Crippen LogP contribution in [0.1, 0.15) is 61.4 Å². The van der Waals surface area contributed by atoms with Crippen molar-refractivity contribution in [1.29, 1.82) is 0 Å². The minimum Gasteiger partial charge on any atom is -0.462 e. The van der Waals surface area contributed by atoms with Crippen molar-refractivity contribution < 1.29 is 23.9 Å². The van der Waals surface area contributed by atoms with Crippen molar-refractivity contribution in [3.05, 3.63) is 78.7 Å². The van der Waals surface area contributed by atoms with Crippen LogP contribution in [-0.2, 0) is 28.9 Å². The number of thiophene rings is 2. The zero-order valence-corrected chi connectivity index (χ0v) is 22.5. The molecule has 1 saturated heterocycles. The maximum atomic E-state index is 13.0. The lowest BCUT2D eigenvalue weighted by Gasteiger charge is -2.13. The van der Waals surface area contributed by atoms with Gasteiger partial charge in [-0.05, 0) is 85.2 Å². The summed E-state index contributed by atoms with van der Waals surface area (Å²) in [6.07, 6.45) is 5.51. The SMILES string of the molecule is CCOC(=O)c1c(NC(=O)c2ccc(CN3C(=O)S/C(=C\c4cccs4)C3=O)cc2)sc2c1CCCC2. The summed E-state index contributed by atoms with van der Waals surface area (Å²) in [4.78, 5) is 54.6. The normalized spacial score (nSPS) is 16.2. The summed E-state index contributed by atoms with van der Waals surface area (Å²) in [7, 11) is 0. The molecular weight excluding hydrogens is 529 g/mol. The van der Waals surface area contributed by atoms with Crippen LogP contribution in [0.2, 0.25) is 0 Å². The van der Waals surface area contributed by atoms with E-state index < -0.39 is 5.97 Å². The van der Waals surface area contributed by atoms with E-state index in [-0.39, 0.29) is 30.2 Å².